The van der Waals surface area contributed by atoms with Crippen LogP contribution in [0.15, 0.2) is 29.2 Å². The van der Waals surface area contributed by atoms with Gasteiger partial charge in [0.2, 0.25) is 0 Å². The average molecular weight is 226 g/mol. The molecule has 0 amide bonds. The first-order valence-corrected chi connectivity index (χ1v) is 4.60. The molecule has 0 atom stereocenters. The van der Waals surface area contributed by atoms with Crippen LogP contribution >= 0.6 is 0 Å². The van der Waals surface area contributed by atoms with E-state index in [2.05, 4.69) is 0 Å². The molecule has 1 aromatic carbocycles. The van der Waals surface area contributed by atoms with E-state index in [4.69, 9.17) is 5.11 Å². The van der Waals surface area contributed by atoms with E-state index < -0.39 is 10.1 Å². The summed E-state index contributed by atoms with van der Waals surface area (Å²) in [6.45, 7) is -0.167. The van der Waals surface area contributed by atoms with Gasteiger partial charge in [-0.15, -0.1) is 0 Å². The van der Waals surface area contributed by atoms with Crippen LogP contribution in [-0.4, -0.2) is 18.1 Å². The second-order valence-electron chi connectivity index (χ2n) is 2.26. The molecule has 0 heterocycles. The van der Waals surface area contributed by atoms with E-state index in [0.29, 0.717) is 5.56 Å². The van der Waals surface area contributed by atoms with Crippen molar-refractivity contribution >= 4 is 10.1 Å². The van der Waals surface area contributed by atoms with Crippen LogP contribution in [0.1, 0.15) is 5.56 Å². The van der Waals surface area contributed by atoms with E-state index in [9.17, 15) is 13.0 Å². The summed E-state index contributed by atoms with van der Waals surface area (Å²) in [4.78, 5) is -0.278. The number of benzene rings is 1. The summed E-state index contributed by atoms with van der Waals surface area (Å²) in [5.74, 6) is 0. The first-order valence-electron chi connectivity index (χ1n) is 3.20. The van der Waals surface area contributed by atoms with Crippen LogP contribution in [-0.2, 0) is 16.7 Å². The zero-order chi connectivity index (χ0) is 9.19. The Morgan fingerprint density at radius 3 is 2.00 bits per heavy atom. The smallest absolute Gasteiger partial charge is 0.744 e. The maximum absolute atomic E-state index is 10.4. The van der Waals surface area contributed by atoms with Crippen LogP contribution in [0.25, 0.3) is 0 Å². The summed E-state index contributed by atoms with van der Waals surface area (Å²) in [6.07, 6.45) is 0. The molecule has 0 spiro atoms. The minimum Gasteiger partial charge on any atom is -0.744 e. The Morgan fingerprint density at radius 2 is 1.69 bits per heavy atom. The Bertz CT molecular complexity index is 357. The summed E-state index contributed by atoms with van der Waals surface area (Å²) < 4.78 is 31.2. The van der Waals surface area contributed by atoms with Gasteiger partial charge in [-0.05, 0) is 17.7 Å². The molecule has 0 radical (unpaired) electrons. The third-order valence-electron chi connectivity index (χ3n) is 1.39. The molecule has 1 N–H and O–H groups in total. The van der Waals surface area contributed by atoms with Gasteiger partial charge < -0.3 is 9.66 Å². The molecule has 0 saturated carbocycles. The number of hydrogen-bond donors (Lipinski definition) is 1. The monoisotopic (exact) mass is 226 g/mol. The van der Waals surface area contributed by atoms with Crippen molar-refractivity contribution in [3.8, 4) is 0 Å². The van der Waals surface area contributed by atoms with Crippen molar-refractivity contribution in [2.24, 2.45) is 0 Å². The Morgan fingerprint density at radius 1 is 1.23 bits per heavy atom. The predicted octanol–water partition coefficient (Wildman–Crippen LogP) is -2.91. The summed E-state index contributed by atoms with van der Waals surface area (Å²) in [7, 11) is -4.36. The van der Waals surface area contributed by atoms with Crippen LogP contribution in [0, 0.1) is 0 Å². The van der Waals surface area contributed by atoms with Crippen molar-refractivity contribution in [2.75, 3.05) is 0 Å². The van der Waals surface area contributed by atoms with Gasteiger partial charge in [-0.3, -0.25) is 0 Å². The second-order valence-corrected chi connectivity index (χ2v) is 3.64. The topological polar surface area (TPSA) is 77.4 Å². The molecule has 4 nitrogen and oxygen atoms in total. The third kappa shape index (κ3) is 4.18. The first kappa shape index (κ1) is 13.7. The average Bonchev–Trinajstić information content (AvgIpc) is 2.03. The van der Waals surface area contributed by atoms with Gasteiger partial charge in [-0.1, -0.05) is 12.1 Å². The molecule has 0 aliphatic carbocycles. The van der Waals surface area contributed by atoms with Crippen molar-refractivity contribution in [1.29, 1.82) is 0 Å². The van der Waals surface area contributed by atoms with Crippen LogP contribution < -0.4 is 51.4 Å². The normalized spacial score (nSPS) is 10.6. The van der Waals surface area contributed by atoms with Gasteiger partial charge in [-0.25, -0.2) is 8.42 Å². The van der Waals surface area contributed by atoms with Crippen molar-refractivity contribution < 1.29 is 69.5 Å². The third-order valence-corrected chi connectivity index (χ3v) is 2.24. The van der Waals surface area contributed by atoms with E-state index >= 15 is 0 Å². The summed E-state index contributed by atoms with van der Waals surface area (Å²) in [5.41, 5.74) is 0.572. The van der Waals surface area contributed by atoms with Crippen molar-refractivity contribution in [2.45, 2.75) is 11.5 Å². The van der Waals surface area contributed by atoms with E-state index in [1.165, 1.54) is 24.3 Å². The number of rotatable bonds is 2. The molecule has 0 aromatic heterocycles. The molecule has 0 fully saturated rings. The molecule has 6 heteroatoms. The molecular weight excluding hydrogens is 219 g/mol. The minimum absolute atomic E-state index is 0. The minimum atomic E-state index is -4.36. The Kier molecular flexibility index (Phi) is 5.88. The zero-order valence-corrected chi connectivity index (χ0v) is 11.0. The van der Waals surface area contributed by atoms with Crippen LogP contribution in [0.5, 0.6) is 0 Å². The summed E-state index contributed by atoms with van der Waals surface area (Å²) in [5, 5.41) is 8.60. The molecule has 1 aromatic rings. The fourth-order valence-corrected chi connectivity index (χ4v) is 1.23. The Labute approximate surface area is 119 Å². The quantitative estimate of drug-likeness (QED) is 0.433. The zero-order valence-electron chi connectivity index (χ0n) is 7.10. The van der Waals surface area contributed by atoms with E-state index in [1.807, 2.05) is 0 Å². The molecule has 13 heavy (non-hydrogen) atoms. The number of hydrogen-bond acceptors (Lipinski definition) is 4. The van der Waals surface area contributed by atoms with Gasteiger partial charge in [-0.2, -0.15) is 0 Å². The van der Waals surface area contributed by atoms with E-state index in [0.717, 1.165) is 0 Å². The van der Waals surface area contributed by atoms with E-state index in [-0.39, 0.29) is 62.9 Å². The van der Waals surface area contributed by atoms with Crippen molar-refractivity contribution in [3.63, 3.8) is 0 Å². The van der Waals surface area contributed by atoms with Gasteiger partial charge in [0, 0.05) is 0 Å². The van der Waals surface area contributed by atoms with Gasteiger partial charge in [0.1, 0.15) is 10.1 Å². The first-order chi connectivity index (χ1) is 5.54. The Hall–Kier alpha value is 0.726. The predicted molar refractivity (Wildman–Crippen MR) is 40.3 cm³/mol. The molecule has 0 aliphatic rings. The van der Waals surface area contributed by atoms with Gasteiger partial charge in [0.05, 0.1) is 11.5 Å². The Balaban J connectivity index is 0.00000144. The maximum atomic E-state index is 10.4. The fraction of sp³-hybridized carbons (Fsp3) is 0.143. The van der Waals surface area contributed by atoms with Crippen LogP contribution in [0.4, 0.5) is 0 Å². The molecule has 0 aliphatic heterocycles. The molecule has 0 unspecified atom stereocenters. The summed E-state index contributed by atoms with van der Waals surface area (Å²) >= 11 is 0. The van der Waals surface area contributed by atoms with Gasteiger partial charge in [0.25, 0.3) is 0 Å². The van der Waals surface area contributed by atoms with Crippen LogP contribution in [0.3, 0.4) is 0 Å². The molecule has 0 bridgehead atoms. The molecule has 66 valence electrons. The summed E-state index contributed by atoms with van der Waals surface area (Å²) in [6, 6.07) is 5.14. The van der Waals surface area contributed by atoms with E-state index in [1.54, 1.807) is 0 Å². The fourth-order valence-electron chi connectivity index (χ4n) is 0.762. The van der Waals surface area contributed by atoms with Gasteiger partial charge in [0.15, 0.2) is 0 Å². The van der Waals surface area contributed by atoms with Crippen LogP contribution in [0.2, 0.25) is 0 Å². The molecule has 0 saturated heterocycles. The SMILES string of the molecule is O=S(=O)([O-])c1ccc(CO)cc1.[K+]. The molecule has 1 rings (SSSR count). The second kappa shape index (κ2) is 5.57. The van der Waals surface area contributed by atoms with Gasteiger partial charge >= 0.3 is 51.4 Å². The van der Waals surface area contributed by atoms with Crippen molar-refractivity contribution in [3.05, 3.63) is 29.8 Å². The molecular formula is C7H7KO4S. The largest absolute Gasteiger partial charge is 1.00 e. The van der Waals surface area contributed by atoms with Crippen molar-refractivity contribution in [1.82, 2.24) is 0 Å². The number of aliphatic hydroxyl groups excluding tert-OH is 1. The maximum Gasteiger partial charge on any atom is 1.00 e. The number of aliphatic hydroxyl groups is 1. The standard InChI is InChI=1S/C7H8O4S.K/c8-5-6-1-3-7(4-2-6)12(9,10)11;/h1-4,8H,5H2,(H,9,10,11);/q;+1/p-1.